The summed E-state index contributed by atoms with van der Waals surface area (Å²) in [4.78, 5) is 25.3. The Morgan fingerprint density at radius 2 is 2.00 bits per heavy atom. The molecular weight excluding hydrogens is 240 g/mol. The minimum atomic E-state index is 0.0328. The molecule has 1 heterocycles. The number of rotatable bonds is 4. The molecule has 4 nitrogen and oxygen atoms in total. The first kappa shape index (κ1) is 13.7. The van der Waals surface area contributed by atoms with Crippen LogP contribution in [0.2, 0.25) is 0 Å². The molecule has 1 fully saturated rings. The van der Waals surface area contributed by atoms with Crippen molar-refractivity contribution < 1.29 is 9.59 Å². The van der Waals surface area contributed by atoms with Crippen molar-refractivity contribution in [3.05, 3.63) is 29.8 Å². The van der Waals surface area contributed by atoms with Crippen molar-refractivity contribution in [2.45, 2.75) is 32.2 Å². The number of benzene rings is 1. The Morgan fingerprint density at radius 3 is 2.53 bits per heavy atom. The summed E-state index contributed by atoms with van der Waals surface area (Å²) in [6.07, 6.45) is 2.79. The molecule has 0 bridgehead atoms. The number of nitrogens with zero attached hydrogens (tertiary/aromatic N) is 1. The summed E-state index contributed by atoms with van der Waals surface area (Å²) in [7, 11) is 2.06. The third kappa shape index (κ3) is 3.64. The molecule has 1 aliphatic rings. The van der Waals surface area contributed by atoms with Gasteiger partial charge in [-0.3, -0.25) is 9.59 Å². The molecular formula is C15H20N2O2. The summed E-state index contributed by atoms with van der Waals surface area (Å²) in [5.41, 5.74) is 1.41. The van der Waals surface area contributed by atoms with Crippen LogP contribution in [0.3, 0.4) is 0 Å². The van der Waals surface area contributed by atoms with E-state index in [0.29, 0.717) is 18.0 Å². The van der Waals surface area contributed by atoms with E-state index in [1.54, 1.807) is 24.3 Å². The first-order valence-electron chi connectivity index (χ1n) is 6.67. The second kappa shape index (κ2) is 5.97. The largest absolute Gasteiger partial charge is 0.326 e. The van der Waals surface area contributed by atoms with Crippen LogP contribution >= 0.6 is 0 Å². The number of likely N-dealkylation sites (tertiary alicyclic amines) is 1. The molecule has 1 aromatic carbocycles. The topological polar surface area (TPSA) is 49.4 Å². The lowest BCUT2D eigenvalue weighted by Crippen LogP contribution is -2.29. The summed E-state index contributed by atoms with van der Waals surface area (Å²) >= 11 is 0. The highest BCUT2D eigenvalue weighted by molar-refractivity contribution is 5.95. The van der Waals surface area contributed by atoms with Gasteiger partial charge in [-0.25, -0.2) is 0 Å². The maximum absolute atomic E-state index is 11.9. The van der Waals surface area contributed by atoms with Crippen molar-refractivity contribution in [1.82, 2.24) is 4.90 Å². The van der Waals surface area contributed by atoms with Crippen LogP contribution in [0.25, 0.3) is 0 Å². The zero-order valence-corrected chi connectivity index (χ0v) is 11.5. The molecule has 1 aliphatic heterocycles. The lowest BCUT2D eigenvalue weighted by Gasteiger charge is -2.18. The standard InChI is InChI=1S/C15H20N2O2/c1-11(18)12-5-7-13(8-6-12)16-15(19)10-14-4-3-9-17(14)2/h5-8,14H,3-4,9-10H2,1-2H3,(H,16,19). The second-order valence-corrected chi connectivity index (χ2v) is 5.16. The summed E-state index contributed by atoms with van der Waals surface area (Å²) in [5, 5.41) is 2.88. The molecule has 1 N–H and O–H groups in total. The number of hydrogen-bond donors (Lipinski definition) is 1. The predicted molar refractivity (Wildman–Crippen MR) is 75.3 cm³/mol. The van der Waals surface area contributed by atoms with E-state index in [4.69, 9.17) is 0 Å². The minimum absolute atomic E-state index is 0.0328. The van der Waals surface area contributed by atoms with Gasteiger partial charge in [0.05, 0.1) is 0 Å². The number of carbonyl (C=O) groups excluding carboxylic acids is 2. The van der Waals surface area contributed by atoms with Crippen LogP contribution in [-0.4, -0.2) is 36.2 Å². The molecule has 0 spiro atoms. The van der Waals surface area contributed by atoms with E-state index in [1.165, 1.54) is 13.3 Å². The van der Waals surface area contributed by atoms with Gasteiger partial charge in [0.2, 0.25) is 5.91 Å². The first-order valence-corrected chi connectivity index (χ1v) is 6.67. The van der Waals surface area contributed by atoms with Gasteiger partial charge in [-0.2, -0.15) is 0 Å². The molecule has 1 saturated heterocycles. The summed E-state index contributed by atoms with van der Waals surface area (Å²) in [6.45, 7) is 2.61. The van der Waals surface area contributed by atoms with E-state index in [0.717, 1.165) is 18.7 Å². The highest BCUT2D eigenvalue weighted by Gasteiger charge is 2.23. The Labute approximate surface area is 113 Å². The molecule has 2 rings (SSSR count). The van der Waals surface area contributed by atoms with E-state index >= 15 is 0 Å². The second-order valence-electron chi connectivity index (χ2n) is 5.16. The lowest BCUT2D eigenvalue weighted by atomic mass is 10.1. The summed E-state index contributed by atoms with van der Waals surface area (Å²) in [6, 6.07) is 7.37. The van der Waals surface area contributed by atoms with Crippen molar-refractivity contribution in [2.24, 2.45) is 0 Å². The average Bonchev–Trinajstić information content (AvgIpc) is 2.75. The maximum atomic E-state index is 11.9. The highest BCUT2D eigenvalue weighted by Crippen LogP contribution is 2.18. The number of anilines is 1. The van der Waals surface area contributed by atoms with Gasteiger partial charge in [0.25, 0.3) is 0 Å². The number of nitrogens with one attached hydrogen (secondary N) is 1. The predicted octanol–water partition coefficient (Wildman–Crippen LogP) is 2.31. The van der Waals surface area contributed by atoms with Crippen LogP contribution in [0.15, 0.2) is 24.3 Å². The number of hydrogen-bond acceptors (Lipinski definition) is 3. The fraction of sp³-hybridized carbons (Fsp3) is 0.467. The van der Waals surface area contributed by atoms with E-state index in [2.05, 4.69) is 17.3 Å². The van der Waals surface area contributed by atoms with Crippen molar-refractivity contribution >= 4 is 17.4 Å². The number of Topliss-reactive ketones (excluding diaryl/α,β-unsaturated/α-hetero) is 1. The molecule has 4 heteroatoms. The summed E-state index contributed by atoms with van der Waals surface area (Å²) in [5.74, 6) is 0.0692. The van der Waals surface area contributed by atoms with Gasteiger partial charge >= 0.3 is 0 Å². The van der Waals surface area contributed by atoms with Crippen molar-refractivity contribution in [2.75, 3.05) is 18.9 Å². The molecule has 1 amide bonds. The minimum Gasteiger partial charge on any atom is -0.326 e. The number of amides is 1. The van der Waals surface area contributed by atoms with Gasteiger partial charge in [0.1, 0.15) is 0 Å². The monoisotopic (exact) mass is 260 g/mol. The number of ketones is 1. The van der Waals surface area contributed by atoms with Crippen LogP contribution in [-0.2, 0) is 4.79 Å². The van der Waals surface area contributed by atoms with Gasteiger partial charge in [-0.15, -0.1) is 0 Å². The van der Waals surface area contributed by atoms with Gasteiger partial charge < -0.3 is 10.2 Å². The smallest absolute Gasteiger partial charge is 0.225 e. The molecule has 1 aromatic rings. The van der Waals surface area contributed by atoms with Gasteiger partial charge in [-0.1, -0.05) is 0 Å². The molecule has 1 atom stereocenters. The normalized spacial score (nSPS) is 19.4. The third-order valence-corrected chi connectivity index (χ3v) is 3.67. The van der Waals surface area contributed by atoms with E-state index in [9.17, 15) is 9.59 Å². The van der Waals surface area contributed by atoms with Crippen LogP contribution in [0, 0.1) is 0 Å². The Kier molecular flexibility index (Phi) is 4.32. The average molecular weight is 260 g/mol. The number of carbonyl (C=O) groups is 2. The van der Waals surface area contributed by atoms with Crippen LogP contribution in [0.4, 0.5) is 5.69 Å². The van der Waals surface area contributed by atoms with Crippen LogP contribution in [0.5, 0.6) is 0 Å². The van der Waals surface area contributed by atoms with E-state index in [-0.39, 0.29) is 11.7 Å². The lowest BCUT2D eigenvalue weighted by molar-refractivity contribution is -0.117. The Morgan fingerprint density at radius 1 is 1.32 bits per heavy atom. The molecule has 0 aromatic heterocycles. The van der Waals surface area contributed by atoms with Gasteiger partial charge in [0.15, 0.2) is 5.78 Å². The zero-order valence-electron chi connectivity index (χ0n) is 11.5. The Hall–Kier alpha value is -1.68. The molecule has 0 saturated carbocycles. The van der Waals surface area contributed by atoms with Crippen LogP contribution in [0.1, 0.15) is 36.5 Å². The quantitative estimate of drug-likeness (QED) is 0.845. The fourth-order valence-electron chi connectivity index (χ4n) is 2.45. The SMILES string of the molecule is CC(=O)c1ccc(NC(=O)CC2CCCN2C)cc1. The maximum Gasteiger partial charge on any atom is 0.225 e. The third-order valence-electron chi connectivity index (χ3n) is 3.67. The van der Waals surface area contributed by atoms with Crippen molar-refractivity contribution in [1.29, 1.82) is 0 Å². The molecule has 0 aliphatic carbocycles. The highest BCUT2D eigenvalue weighted by atomic mass is 16.1. The molecule has 102 valence electrons. The molecule has 19 heavy (non-hydrogen) atoms. The van der Waals surface area contributed by atoms with Gasteiger partial charge in [-0.05, 0) is 57.6 Å². The van der Waals surface area contributed by atoms with Crippen LogP contribution < -0.4 is 5.32 Å². The Bertz CT molecular complexity index is 468. The van der Waals surface area contributed by atoms with E-state index in [1.807, 2.05) is 0 Å². The van der Waals surface area contributed by atoms with E-state index < -0.39 is 0 Å². The molecule has 0 radical (unpaired) electrons. The fourth-order valence-corrected chi connectivity index (χ4v) is 2.45. The zero-order chi connectivity index (χ0) is 13.8. The van der Waals surface area contributed by atoms with Gasteiger partial charge in [0, 0.05) is 23.7 Å². The Balaban J connectivity index is 1.89. The first-order chi connectivity index (χ1) is 9.06. The van der Waals surface area contributed by atoms with Crippen molar-refractivity contribution in [3.63, 3.8) is 0 Å². The van der Waals surface area contributed by atoms with Crippen molar-refractivity contribution in [3.8, 4) is 0 Å². The molecule has 1 unspecified atom stereocenters. The summed E-state index contributed by atoms with van der Waals surface area (Å²) < 4.78 is 0.